The lowest BCUT2D eigenvalue weighted by atomic mass is 9.47. The van der Waals surface area contributed by atoms with Crippen molar-refractivity contribution in [2.45, 2.75) is 0 Å². The number of carbonyl (C=O) groups is 2. The summed E-state index contributed by atoms with van der Waals surface area (Å²) in [6.45, 7) is 0. The average Bonchev–Trinajstić information content (AvgIpc) is 3.04. The Kier molecular flexibility index (Phi) is 0.865. The van der Waals surface area contributed by atoms with Crippen molar-refractivity contribution in [1.29, 1.82) is 0 Å². The molecule has 0 aromatic carbocycles. The van der Waals surface area contributed by atoms with Gasteiger partial charge in [-0.1, -0.05) is 0 Å². The first-order chi connectivity index (χ1) is 7.69. The second-order valence-corrected chi connectivity index (χ2v) is 6.00. The lowest BCUT2D eigenvalue weighted by Crippen LogP contribution is -2.60. The van der Waals surface area contributed by atoms with Crippen molar-refractivity contribution in [1.82, 2.24) is 0 Å². The van der Waals surface area contributed by atoms with Crippen LogP contribution in [0.3, 0.4) is 0 Å². The predicted molar refractivity (Wildman–Crippen MR) is 49.8 cm³/mol. The van der Waals surface area contributed by atoms with Gasteiger partial charge in [0.1, 0.15) is 0 Å². The van der Waals surface area contributed by atoms with E-state index in [-0.39, 0.29) is 22.8 Å². The van der Waals surface area contributed by atoms with Crippen molar-refractivity contribution in [3.63, 3.8) is 0 Å². The Morgan fingerprint density at radius 3 is 1.19 bits per heavy atom. The Bertz CT molecular complexity index is 417. The summed E-state index contributed by atoms with van der Waals surface area (Å²) in [6, 6.07) is 0. The fourth-order valence-electron chi connectivity index (χ4n) is 6.47. The van der Waals surface area contributed by atoms with Crippen LogP contribution in [-0.4, -0.2) is 26.2 Å². The van der Waals surface area contributed by atoms with Gasteiger partial charge in [0, 0.05) is 0 Å². The maximum absolute atomic E-state index is 11.8. The van der Waals surface area contributed by atoms with E-state index in [0.29, 0.717) is 35.5 Å². The van der Waals surface area contributed by atoms with Crippen LogP contribution >= 0.6 is 0 Å². The van der Waals surface area contributed by atoms with E-state index in [4.69, 9.17) is 9.47 Å². The molecule has 6 aliphatic carbocycles. The molecule has 0 spiro atoms. The third-order valence-electron chi connectivity index (χ3n) is 6.49. The quantitative estimate of drug-likeness (QED) is 0.618. The minimum absolute atomic E-state index is 0.0191. The Balaban J connectivity index is 1.56. The Morgan fingerprint density at radius 1 is 0.750 bits per heavy atom. The topological polar surface area (TPSA) is 52.6 Å². The molecule has 0 saturated heterocycles. The Labute approximate surface area is 92.3 Å². The van der Waals surface area contributed by atoms with Gasteiger partial charge in [0.05, 0.1) is 25.0 Å². The summed E-state index contributed by atoms with van der Waals surface area (Å²) in [5.74, 6) is 2.71. The zero-order chi connectivity index (χ0) is 11.0. The van der Waals surface area contributed by atoms with Crippen LogP contribution < -0.4 is 0 Å². The zero-order valence-electron chi connectivity index (χ0n) is 9.10. The molecule has 84 valence electrons. The van der Waals surface area contributed by atoms with E-state index in [1.54, 1.807) is 0 Å². The van der Waals surface area contributed by atoms with Gasteiger partial charge < -0.3 is 9.47 Å². The maximum Gasteiger partial charge on any atom is 0.312 e. The summed E-state index contributed by atoms with van der Waals surface area (Å²) >= 11 is 0. The summed E-state index contributed by atoms with van der Waals surface area (Å²) in [7, 11) is 2.94. The lowest BCUT2D eigenvalue weighted by molar-refractivity contribution is -0.189. The van der Waals surface area contributed by atoms with Crippen LogP contribution in [0.25, 0.3) is 0 Å². The summed E-state index contributed by atoms with van der Waals surface area (Å²) < 4.78 is 9.85. The first-order valence-corrected chi connectivity index (χ1v) is 5.87. The molecule has 0 atom stereocenters. The van der Waals surface area contributed by atoms with Crippen molar-refractivity contribution in [2.24, 2.45) is 46.3 Å². The second kappa shape index (κ2) is 1.71. The Hall–Kier alpha value is -1.06. The second-order valence-electron chi connectivity index (χ2n) is 6.00. The molecular formula is C12H12O4. The first kappa shape index (κ1) is 8.09. The highest BCUT2D eigenvalue weighted by Crippen LogP contribution is 3.10. The molecule has 4 heteroatoms. The summed E-state index contributed by atoms with van der Waals surface area (Å²) in [6.07, 6.45) is 0. The van der Waals surface area contributed by atoms with E-state index in [9.17, 15) is 9.59 Å². The predicted octanol–water partition coefficient (Wildman–Crippen LogP) is 0.0704. The van der Waals surface area contributed by atoms with Gasteiger partial charge in [0.15, 0.2) is 0 Å². The van der Waals surface area contributed by atoms with Crippen LogP contribution in [0.2, 0.25) is 0 Å². The fourth-order valence-corrected chi connectivity index (χ4v) is 6.47. The van der Waals surface area contributed by atoms with Crippen LogP contribution in [0, 0.1) is 46.3 Å². The molecule has 0 radical (unpaired) electrons. The van der Waals surface area contributed by atoms with Crippen LogP contribution in [0.1, 0.15) is 0 Å². The summed E-state index contributed by atoms with van der Waals surface area (Å²) in [5, 5.41) is 0. The van der Waals surface area contributed by atoms with E-state index in [2.05, 4.69) is 0 Å². The standard InChI is InChI=1S/C12H12O4/c1-15-9(13)11-3-5(11)6-4-7(11)8(3)12(4,6)10(14)16-2/h3-8H,1-2H3. The zero-order valence-corrected chi connectivity index (χ0v) is 9.10. The van der Waals surface area contributed by atoms with E-state index in [1.807, 2.05) is 0 Å². The molecule has 0 unspecified atom stereocenters. The Morgan fingerprint density at radius 2 is 1.00 bits per heavy atom. The van der Waals surface area contributed by atoms with Crippen LogP contribution in [0.5, 0.6) is 0 Å². The number of carbonyl (C=O) groups excluding carboxylic acids is 2. The van der Waals surface area contributed by atoms with Crippen LogP contribution in [-0.2, 0) is 19.1 Å². The molecule has 0 aliphatic heterocycles. The molecule has 6 aliphatic rings. The lowest BCUT2D eigenvalue weighted by Gasteiger charge is -2.54. The molecule has 0 aromatic heterocycles. The highest BCUT2D eigenvalue weighted by atomic mass is 16.5. The molecule has 16 heavy (non-hydrogen) atoms. The number of hydrogen-bond donors (Lipinski definition) is 0. The maximum atomic E-state index is 11.8. The summed E-state index contributed by atoms with van der Waals surface area (Å²) in [5.41, 5.74) is -0.269. The molecule has 6 rings (SSSR count). The van der Waals surface area contributed by atoms with Gasteiger partial charge in [-0.2, -0.15) is 0 Å². The van der Waals surface area contributed by atoms with Gasteiger partial charge in [-0.05, 0) is 35.5 Å². The minimum atomic E-state index is -0.134. The molecule has 0 aromatic rings. The first-order valence-electron chi connectivity index (χ1n) is 5.87. The van der Waals surface area contributed by atoms with Gasteiger partial charge >= 0.3 is 11.9 Å². The number of rotatable bonds is 2. The van der Waals surface area contributed by atoms with Gasteiger partial charge in [0.25, 0.3) is 0 Å². The van der Waals surface area contributed by atoms with E-state index in [1.165, 1.54) is 14.2 Å². The van der Waals surface area contributed by atoms with Crippen molar-refractivity contribution >= 4 is 11.9 Å². The largest absolute Gasteiger partial charge is 0.469 e. The van der Waals surface area contributed by atoms with Crippen molar-refractivity contribution < 1.29 is 19.1 Å². The van der Waals surface area contributed by atoms with Gasteiger partial charge in [-0.3, -0.25) is 9.59 Å². The number of esters is 2. The SMILES string of the molecule is COC(=O)C12C3C1C1C4C2C3C41C(=O)OC. The van der Waals surface area contributed by atoms with Crippen molar-refractivity contribution in [3.8, 4) is 0 Å². The average molecular weight is 220 g/mol. The number of methoxy groups -OCH3 is 2. The van der Waals surface area contributed by atoms with Crippen LogP contribution in [0.15, 0.2) is 0 Å². The molecule has 0 amide bonds. The van der Waals surface area contributed by atoms with Crippen molar-refractivity contribution in [3.05, 3.63) is 0 Å². The molecule has 0 bridgehead atoms. The molecule has 0 heterocycles. The van der Waals surface area contributed by atoms with E-state index >= 15 is 0 Å². The minimum Gasteiger partial charge on any atom is -0.469 e. The molecule has 6 saturated carbocycles. The van der Waals surface area contributed by atoms with Crippen molar-refractivity contribution in [2.75, 3.05) is 14.2 Å². The molecule has 6 fully saturated rings. The third kappa shape index (κ3) is 0.367. The molecular weight excluding hydrogens is 208 g/mol. The van der Waals surface area contributed by atoms with Gasteiger partial charge in [-0.25, -0.2) is 0 Å². The van der Waals surface area contributed by atoms with Gasteiger partial charge in [-0.15, -0.1) is 0 Å². The highest BCUT2D eigenvalue weighted by Gasteiger charge is 3.13. The summed E-state index contributed by atoms with van der Waals surface area (Å²) in [4.78, 5) is 23.6. The smallest absolute Gasteiger partial charge is 0.312 e. The molecule has 0 N–H and O–H groups in total. The highest BCUT2D eigenvalue weighted by molar-refractivity contribution is 5.96. The normalized spacial score (nSPS) is 68.4. The molecule has 4 nitrogen and oxygen atoms in total. The third-order valence-corrected chi connectivity index (χ3v) is 6.49. The number of hydrogen-bond acceptors (Lipinski definition) is 4. The van der Waals surface area contributed by atoms with E-state index < -0.39 is 0 Å². The van der Waals surface area contributed by atoms with Crippen LogP contribution in [0.4, 0.5) is 0 Å². The number of ether oxygens (including phenoxy) is 2. The van der Waals surface area contributed by atoms with E-state index in [0.717, 1.165) is 0 Å². The fraction of sp³-hybridized carbons (Fsp3) is 0.833. The monoisotopic (exact) mass is 220 g/mol. The van der Waals surface area contributed by atoms with Gasteiger partial charge in [0.2, 0.25) is 0 Å².